The number of carbonyl (C=O) groups is 2. The Balaban J connectivity index is 0.00000256. The first kappa shape index (κ1) is 15.9. The second-order valence-corrected chi connectivity index (χ2v) is 3.29. The Hall–Kier alpha value is -1.11. The fourth-order valence-corrected chi connectivity index (χ4v) is 1.29. The molecular formula is C10H16ClNO5. The number of esters is 1. The summed E-state index contributed by atoms with van der Waals surface area (Å²) in [5.41, 5.74) is 0. The third kappa shape index (κ3) is 7.73. The smallest absolute Gasteiger partial charge is 0.331 e. The van der Waals surface area contributed by atoms with Crippen LogP contribution in [0.2, 0.25) is 0 Å². The minimum atomic E-state index is -1.16. The van der Waals surface area contributed by atoms with Crippen molar-refractivity contribution in [3.8, 4) is 0 Å². The van der Waals surface area contributed by atoms with Crippen LogP contribution in [0.25, 0.3) is 0 Å². The van der Waals surface area contributed by atoms with Crippen LogP contribution in [-0.4, -0.2) is 61.4 Å². The van der Waals surface area contributed by atoms with Gasteiger partial charge in [-0.1, -0.05) is 0 Å². The van der Waals surface area contributed by atoms with Gasteiger partial charge in [-0.05, 0) is 0 Å². The maximum absolute atomic E-state index is 11.0. The Morgan fingerprint density at radius 2 is 1.94 bits per heavy atom. The molecule has 0 aromatic carbocycles. The predicted molar refractivity (Wildman–Crippen MR) is 62.2 cm³/mol. The fraction of sp³-hybridized carbons (Fsp3) is 0.600. The highest BCUT2D eigenvalue weighted by molar-refractivity contribution is 5.90. The molecule has 1 aliphatic rings. The average molecular weight is 266 g/mol. The zero-order valence-corrected chi connectivity index (χ0v) is 10.1. The summed E-state index contributed by atoms with van der Waals surface area (Å²) in [6.45, 7) is 3.99. The zero-order chi connectivity index (χ0) is 11.8. The molecular weight excluding hydrogens is 250 g/mol. The van der Waals surface area contributed by atoms with Gasteiger partial charge in [-0.25, -0.2) is 9.59 Å². The van der Waals surface area contributed by atoms with Crippen LogP contribution in [0.15, 0.2) is 12.2 Å². The fourth-order valence-electron chi connectivity index (χ4n) is 1.29. The van der Waals surface area contributed by atoms with Gasteiger partial charge in [0.2, 0.25) is 0 Å². The number of carboxylic acid groups (broad SMARTS) is 1. The van der Waals surface area contributed by atoms with E-state index < -0.39 is 11.9 Å². The largest absolute Gasteiger partial charge is 0.478 e. The highest BCUT2D eigenvalue weighted by Crippen LogP contribution is 1.96. The van der Waals surface area contributed by atoms with Crippen LogP contribution in [0.3, 0.4) is 0 Å². The quantitative estimate of drug-likeness (QED) is 0.554. The van der Waals surface area contributed by atoms with Crippen molar-refractivity contribution in [3.63, 3.8) is 0 Å². The number of carbonyl (C=O) groups excluding carboxylic acids is 1. The summed E-state index contributed by atoms with van der Waals surface area (Å²) in [7, 11) is 0. The lowest BCUT2D eigenvalue weighted by molar-refractivity contribution is -0.139. The molecule has 1 heterocycles. The number of aliphatic carboxylic acids is 1. The van der Waals surface area contributed by atoms with Gasteiger partial charge in [0.1, 0.15) is 6.61 Å². The van der Waals surface area contributed by atoms with Gasteiger partial charge in [0.15, 0.2) is 0 Å². The molecule has 0 unspecified atom stereocenters. The molecule has 0 bridgehead atoms. The summed E-state index contributed by atoms with van der Waals surface area (Å²) in [6.07, 6.45) is 1.67. The first-order chi connectivity index (χ1) is 7.68. The van der Waals surface area contributed by atoms with E-state index in [-0.39, 0.29) is 19.0 Å². The zero-order valence-electron chi connectivity index (χ0n) is 9.33. The number of hydrogen-bond acceptors (Lipinski definition) is 5. The lowest BCUT2D eigenvalue weighted by Crippen LogP contribution is -2.38. The van der Waals surface area contributed by atoms with Crippen molar-refractivity contribution in [2.75, 3.05) is 39.5 Å². The second-order valence-electron chi connectivity index (χ2n) is 3.29. The topological polar surface area (TPSA) is 76.1 Å². The Bertz CT molecular complexity index is 276. The standard InChI is InChI=1S/C10H15NO5.ClH/c12-9(13)1-2-10(14)16-8-5-11-3-6-15-7-4-11;/h1-2H,3-8H2,(H,12,13);1H/b2-1+;. The van der Waals surface area contributed by atoms with Crippen molar-refractivity contribution >= 4 is 24.3 Å². The molecule has 17 heavy (non-hydrogen) atoms. The van der Waals surface area contributed by atoms with E-state index in [2.05, 4.69) is 4.90 Å². The number of hydrogen-bond donors (Lipinski definition) is 1. The Morgan fingerprint density at radius 1 is 1.29 bits per heavy atom. The van der Waals surface area contributed by atoms with Crippen LogP contribution in [0.1, 0.15) is 0 Å². The first-order valence-electron chi connectivity index (χ1n) is 5.06. The predicted octanol–water partition coefficient (Wildman–Crippen LogP) is -0.0756. The molecule has 1 aliphatic heterocycles. The van der Waals surface area contributed by atoms with E-state index in [1.54, 1.807) is 0 Å². The van der Waals surface area contributed by atoms with Crippen molar-refractivity contribution in [2.45, 2.75) is 0 Å². The lowest BCUT2D eigenvalue weighted by atomic mass is 10.4. The van der Waals surface area contributed by atoms with Crippen LogP contribution in [0.5, 0.6) is 0 Å². The highest BCUT2D eigenvalue weighted by atomic mass is 35.5. The summed E-state index contributed by atoms with van der Waals surface area (Å²) >= 11 is 0. The summed E-state index contributed by atoms with van der Waals surface area (Å²) in [6, 6.07) is 0. The number of carboxylic acids is 1. The Labute approximate surface area is 106 Å². The molecule has 0 amide bonds. The number of halogens is 1. The molecule has 1 N–H and O–H groups in total. The number of morpholine rings is 1. The third-order valence-electron chi connectivity index (χ3n) is 2.12. The highest BCUT2D eigenvalue weighted by Gasteiger charge is 2.10. The molecule has 98 valence electrons. The van der Waals surface area contributed by atoms with Gasteiger partial charge in [0.05, 0.1) is 13.2 Å². The van der Waals surface area contributed by atoms with E-state index in [4.69, 9.17) is 14.6 Å². The van der Waals surface area contributed by atoms with Crippen LogP contribution in [0.4, 0.5) is 0 Å². The molecule has 0 saturated carbocycles. The normalized spacial score (nSPS) is 16.5. The molecule has 6 nitrogen and oxygen atoms in total. The van der Waals surface area contributed by atoms with Gasteiger partial charge in [-0.15, -0.1) is 12.4 Å². The maximum Gasteiger partial charge on any atom is 0.331 e. The third-order valence-corrected chi connectivity index (χ3v) is 2.12. The van der Waals surface area contributed by atoms with Gasteiger partial charge in [0.25, 0.3) is 0 Å². The molecule has 1 rings (SSSR count). The van der Waals surface area contributed by atoms with Gasteiger partial charge < -0.3 is 14.6 Å². The van der Waals surface area contributed by atoms with E-state index in [9.17, 15) is 9.59 Å². The Kier molecular flexibility index (Phi) is 8.39. The molecule has 0 atom stereocenters. The molecule has 0 radical (unpaired) electrons. The molecule has 7 heteroatoms. The number of nitrogens with zero attached hydrogens (tertiary/aromatic N) is 1. The average Bonchev–Trinajstić information content (AvgIpc) is 2.28. The van der Waals surface area contributed by atoms with E-state index in [1.807, 2.05) is 0 Å². The number of rotatable bonds is 5. The number of ether oxygens (including phenoxy) is 2. The van der Waals surface area contributed by atoms with Crippen molar-refractivity contribution in [1.29, 1.82) is 0 Å². The van der Waals surface area contributed by atoms with Crippen LogP contribution in [0, 0.1) is 0 Å². The monoisotopic (exact) mass is 265 g/mol. The maximum atomic E-state index is 11.0. The summed E-state index contributed by atoms with van der Waals surface area (Å²) in [5.74, 6) is -1.79. The summed E-state index contributed by atoms with van der Waals surface area (Å²) in [5, 5.41) is 8.27. The van der Waals surface area contributed by atoms with Crippen LogP contribution < -0.4 is 0 Å². The van der Waals surface area contributed by atoms with Crippen LogP contribution >= 0.6 is 12.4 Å². The minimum Gasteiger partial charge on any atom is -0.478 e. The first-order valence-corrected chi connectivity index (χ1v) is 5.06. The van der Waals surface area contributed by atoms with E-state index in [1.165, 1.54) is 0 Å². The Morgan fingerprint density at radius 3 is 2.53 bits per heavy atom. The molecule has 1 saturated heterocycles. The minimum absolute atomic E-state index is 0. The van der Waals surface area contributed by atoms with Gasteiger partial charge >= 0.3 is 11.9 Å². The van der Waals surface area contributed by atoms with E-state index in [0.29, 0.717) is 19.8 Å². The summed E-state index contributed by atoms with van der Waals surface area (Å²) < 4.78 is 9.99. The molecule has 1 fully saturated rings. The van der Waals surface area contributed by atoms with E-state index >= 15 is 0 Å². The molecule has 0 aromatic heterocycles. The second kappa shape index (κ2) is 8.98. The van der Waals surface area contributed by atoms with E-state index in [0.717, 1.165) is 25.2 Å². The van der Waals surface area contributed by atoms with Crippen molar-refractivity contribution in [2.24, 2.45) is 0 Å². The SMILES string of the molecule is Cl.O=C(O)/C=C/C(=O)OCCN1CCOCC1. The van der Waals surface area contributed by atoms with Gasteiger partial charge in [0, 0.05) is 31.8 Å². The van der Waals surface area contributed by atoms with Crippen molar-refractivity contribution in [1.82, 2.24) is 4.90 Å². The summed E-state index contributed by atoms with van der Waals surface area (Å²) in [4.78, 5) is 23.2. The molecule has 0 aromatic rings. The van der Waals surface area contributed by atoms with Crippen molar-refractivity contribution < 1.29 is 24.2 Å². The molecule has 0 aliphatic carbocycles. The van der Waals surface area contributed by atoms with Gasteiger partial charge in [-0.3, -0.25) is 4.90 Å². The van der Waals surface area contributed by atoms with Gasteiger partial charge in [-0.2, -0.15) is 0 Å². The van der Waals surface area contributed by atoms with Crippen molar-refractivity contribution in [3.05, 3.63) is 12.2 Å². The lowest BCUT2D eigenvalue weighted by Gasteiger charge is -2.25. The van der Waals surface area contributed by atoms with Crippen LogP contribution in [-0.2, 0) is 19.1 Å². The molecule has 0 spiro atoms.